The van der Waals surface area contributed by atoms with Crippen molar-refractivity contribution in [2.75, 3.05) is 18.5 Å². The summed E-state index contributed by atoms with van der Waals surface area (Å²) in [5.74, 6) is 3.48. The monoisotopic (exact) mass is 567 g/mol. The second-order valence-corrected chi connectivity index (χ2v) is 7.84. The minimum atomic E-state index is -5.08. The highest BCUT2D eigenvalue weighted by molar-refractivity contribution is 5.95. The predicted molar refractivity (Wildman–Crippen MR) is 127 cm³/mol. The molecular formula is C23H18F5N7O5. The molecule has 1 aliphatic heterocycles. The number of aliphatic carboxylic acids is 1. The standard InChI is InChI=1S/C21H17F2N7O3.C2HF3O2/c1-12-4-13(2-3-14-5-16-20(26-8-14)33-10-17(31)28-16)7-25-19(12)29-11-27-30(21(29)32)9-15(6-24)18(22)23;3-2(4,5)1(6)7/h4-5,7-8,11H,6,9-10,24H2,1H3,(H,28,31);(H,6,7). The molecule has 4 heterocycles. The summed E-state index contributed by atoms with van der Waals surface area (Å²) in [5, 5.41) is 13.7. The lowest BCUT2D eigenvalue weighted by molar-refractivity contribution is -0.192. The number of carbonyl (C=O) groups is 2. The Morgan fingerprint density at radius 1 is 1.18 bits per heavy atom. The zero-order valence-electron chi connectivity index (χ0n) is 20.3. The zero-order valence-corrected chi connectivity index (χ0v) is 20.3. The number of anilines is 1. The van der Waals surface area contributed by atoms with Crippen LogP contribution in [0.4, 0.5) is 27.6 Å². The van der Waals surface area contributed by atoms with Gasteiger partial charge in [-0.1, -0.05) is 11.8 Å². The maximum absolute atomic E-state index is 12.8. The highest BCUT2D eigenvalue weighted by Gasteiger charge is 2.38. The number of hydrogen-bond acceptors (Lipinski definition) is 8. The molecule has 12 nitrogen and oxygen atoms in total. The number of nitrogens with one attached hydrogen (secondary N) is 1. The fourth-order valence-corrected chi connectivity index (χ4v) is 3.05. The van der Waals surface area contributed by atoms with E-state index in [0.717, 1.165) is 9.25 Å². The average Bonchev–Trinajstić information content (AvgIpc) is 3.24. The van der Waals surface area contributed by atoms with Crippen molar-refractivity contribution in [3.63, 3.8) is 0 Å². The molecule has 210 valence electrons. The molecule has 0 radical (unpaired) electrons. The van der Waals surface area contributed by atoms with Crippen LogP contribution < -0.4 is 21.5 Å². The lowest BCUT2D eigenvalue weighted by Crippen LogP contribution is -2.27. The quantitative estimate of drug-likeness (QED) is 0.313. The van der Waals surface area contributed by atoms with E-state index in [1.165, 1.54) is 18.7 Å². The molecule has 1 aliphatic rings. The summed E-state index contributed by atoms with van der Waals surface area (Å²) in [4.78, 5) is 41.3. The maximum atomic E-state index is 12.8. The van der Waals surface area contributed by atoms with Gasteiger partial charge in [-0.15, -0.1) is 0 Å². The molecule has 4 N–H and O–H groups in total. The van der Waals surface area contributed by atoms with Gasteiger partial charge in [0, 0.05) is 35.6 Å². The van der Waals surface area contributed by atoms with Crippen LogP contribution in [0.25, 0.3) is 5.82 Å². The van der Waals surface area contributed by atoms with E-state index in [2.05, 4.69) is 32.2 Å². The third-order valence-corrected chi connectivity index (χ3v) is 4.93. The van der Waals surface area contributed by atoms with Crippen molar-refractivity contribution in [1.82, 2.24) is 24.3 Å². The summed E-state index contributed by atoms with van der Waals surface area (Å²) in [6, 6.07) is 3.38. The van der Waals surface area contributed by atoms with Crippen LogP contribution >= 0.6 is 0 Å². The Morgan fingerprint density at radius 3 is 2.38 bits per heavy atom. The highest BCUT2D eigenvalue weighted by Crippen LogP contribution is 2.25. The minimum absolute atomic E-state index is 0.0814. The molecule has 0 fully saturated rings. The first-order valence-electron chi connectivity index (χ1n) is 10.9. The van der Waals surface area contributed by atoms with Gasteiger partial charge < -0.3 is 20.9 Å². The lowest BCUT2D eigenvalue weighted by atomic mass is 10.2. The van der Waals surface area contributed by atoms with Gasteiger partial charge in [-0.25, -0.2) is 28.8 Å². The smallest absolute Gasteiger partial charge is 0.475 e. The Hall–Kier alpha value is -5.11. The van der Waals surface area contributed by atoms with E-state index in [1.54, 1.807) is 19.1 Å². The van der Waals surface area contributed by atoms with E-state index in [4.69, 9.17) is 20.4 Å². The van der Waals surface area contributed by atoms with Crippen LogP contribution in [0, 0.1) is 18.8 Å². The maximum Gasteiger partial charge on any atom is 0.490 e. The molecule has 4 rings (SSSR count). The molecule has 3 aromatic heterocycles. The van der Waals surface area contributed by atoms with E-state index in [9.17, 15) is 31.5 Å². The van der Waals surface area contributed by atoms with Gasteiger partial charge >= 0.3 is 17.8 Å². The average molecular weight is 567 g/mol. The van der Waals surface area contributed by atoms with E-state index in [-0.39, 0.29) is 24.6 Å². The van der Waals surface area contributed by atoms with Gasteiger partial charge in [0.15, 0.2) is 6.61 Å². The van der Waals surface area contributed by atoms with Crippen molar-refractivity contribution >= 4 is 17.6 Å². The second-order valence-electron chi connectivity index (χ2n) is 7.84. The van der Waals surface area contributed by atoms with Crippen LogP contribution in [0.15, 0.2) is 47.3 Å². The molecular weight excluding hydrogens is 549 g/mol. The van der Waals surface area contributed by atoms with Crippen molar-refractivity contribution in [1.29, 1.82) is 0 Å². The van der Waals surface area contributed by atoms with Crippen molar-refractivity contribution in [3.05, 3.63) is 69.7 Å². The number of carboxylic acids is 1. The molecule has 3 aromatic rings. The van der Waals surface area contributed by atoms with Gasteiger partial charge in [-0.3, -0.25) is 4.79 Å². The fourth-order valence-electron chi connectivity index (χ4n) is 3.05. The van der Waals surface area contributed by atoms with Crippen LogP contribution in [0.1, 0.15) is 16.7 Å². The first-order valence-corrected chi connectivity index (χ1v) is 10.9. The minimum Gasteiger partial charge on any atom is -0.475 e. The van der Waals surface area contributed by atoms with Crippen LogP contribution in [0.5, 0.6) is 5.88 Å². The largest absolute Gasteiger partial charge is 0.490 e. The van der Waals surface area contributed by atoms with Crippen LogP contribution in [-0.2, 0) is 16.1 Å². The van der Waals surface area contributed by atoms with Gasteiger partial charge in [-0.2, -0.15) is 27.1 Å². The molecule has 0 unspecified atom stereocenters. The number of ether oxygens (including phenoxy) is 1. The topological polar surface area (TPSA) is 167 Å². The van der Waals surface area contributed by atoms with Crippen LogP contribution in [0.3, 0.4) is 0 Å². The van der Waals surface area contributed by atoms with Crippen LogP contribution in [0.2, 0.25) is 0 Å². The Morgan fingerprint density at radius 2 is 1.80 bits per heavy atom. The Labute approximate surface area is 220 Å². The summed E-state index contributed by atoms with van der Waals surface area (Å²) in [7, 11) is 0. The number of hydrogen-bond donors (Lipinski definition) is 3. The Bertz CT molecular complexity index is 1600. The van der Waals surface area contributed by atoms with Gasteiger partial charge in [0.05, 0.1) is 6.54 Å². The SMILES string of the molecule is Cc1cc(C#Cc2cnc3c(c2)NC(=O)CO3)cnc1-n1cnn(CC(CN)=C(F)F)c1=O.O=C(O)C(F)(F)F. The molecule has 1 amide bonds. The summed E-state index contributed by atoms with van der Waals surface area (Å²) < 4.78 is 64.7. The number of aryl methyl sites for hydroxylation is 1. The number of nitrogens with two attached hydrogens (primary N) is 1. The van der Waals surface area contributed by atoms with Gasteiger partial charge in [0.1, 0.15) is 17.8 Å². The number of nitrogens with zero attached hydrogens (tertiary/aromatic N) is 5. The number of halogens is 5. The number of alkyl halides is 3. The number of rotatable bonds is 4. The van der Waals surface area contributed by atoms with Crippen molar-refractivity contribution in [2.45, 2.75) is 19.6 Å². The normalized spacial score (nSPS) is 12.0. The van der Waals surface area contributed by atoms with Gasteiger partial charge in [0.25, 0.3) is 12.0 Å². The predicted octanol–water partition coefficient (Wildman–Crippen LogP) is 1.61. The van der Waals surface area contributed by atoms with Crippen molar-refractivity contribution in [2.24, 2.45) is 5.73 Å². The van der Waals surface area contributed by atoms with E-state index >= 15 is 0 Å². The molecule has 0 saturated carbocycles. The third-order valence-electron chi connectivity index (χ3n) is 4.93. The summed E-state index contributed by atoms with van der Waals surface area (Å²) >= 11 is 0. The summed E-state index contributed by atoms with van der Waals surface area (Å²) in [6.07, 6.45) is -2.80. The van der Waals surface area contributed by atoms with Gasteiger partial charge in [-0.05, 0) is 24.6 Å². The fraction of sp³-hybridized carbons (Fsp3) is 0.217. The molecule has 0 spiro atoms. The molecule has 0 aromatic carbocycles. The molecule has 0 atom stereocenters. The number of amides is 1. The molecule has 40 heavy (non-hydrogen) atoms. The summed E-state index contributed by atoms with van der Waals surface area (Å²) in [5.41, 5.74) is 6.50. The number of carbonyl (C=O) groups excluding carboxylic acids is 1. The van der Waals surface area contributed by atoms with E-state index < -0.39 is 30.5 Å². The lowest BCUT2D eigenvalue weighted by Gasteiger charge is -2.16. The molecule has 0 aliphatic carbocycles. The number of aromatic nitrogens is 5. The Kier molecular flexibility index (Phi) is 8.96. The number of pyridine rings is 2. The zero-order chi connectivity index (χ0) is 29.6. The summed E-state index contributed by atoms with van der Waals surface area (Å²) in [6.45, 7) is 0.859. The van der Waals surface area contributed by atoms with Crippen LogP contribution in [-0.4, -0.2) is 60.6 Å². The van der Waals surface area contributed by atoms with Crippen molar-refractivity contribution in [3.8, 4) is 23.5 Å². The Balaban J connectivity index is 0.000000559. The van der Waals surface area contributed by atoms with Crippen molar-refractivity contribution < 1.29 is 41.4 Å². The number of fused-ring (bicyclic) bond motifs is 1. The van der Waals surface area contributed by atoms with Gasteiger partial charge in [0.2, 0.25) is 5.88 Å². The molecule has 0 saturated heterocycles. The second kappa shape index (κ2) is 12.2. The third kappa shape index (κ3) is 7.26. The number of carboxylic acid groups (broad SMARTS) is 1. The first kappa shape index (κ1) is 29.4. The first-order chi connectivity index (χ1) is 18.8. The highest BCUT2D eigenvalue weighted by atomic mass is 19.4. The molecule has 17 heteroatoms. The van der Waals surface area contributed by atoms with E-state index in [1.807, 2.05) is 0 Å². The van der Waals surface area contributed by atoms with E-state index in [0.29, 0.717) is 34.1 Å². The molecule has 0 bridgehead atoms.